The summed E-state index contributed by atoms with van der Waals surface area (Å²) in [5.41, 5.74) is 3.99. The van der Waals surface area contributed by atoms with Gasteiger partial charge in [0.15, 0.2) is 5.69 Å². The predicted molar refractivity (Wildman–Crippen MR) is 85.1 cm³/mol. The summed E-state index contributed by atoms with van der Waals surface area (Å²) < 4.78 is 1.68. The number of aromatic nitrogens is 3. The molecular formula is C17H13ClN4. The van der Waals surface area contributed by atoms with E-state index in [4.69, 9.17) is 11.6 Å². The molecule has 0 aliphatic carbocycles. The highest BCUT2D eigenvalue weighted by molar-refractivity contribution is 6.31. The molecule has 0 aliphatic rings. The molecule has 0 N–H and O–H groups in total. The summed E-state index contributed by atoms with van der Waals surface area (Å²) in [4.78, 5) is 0. The fourth-order valence-electron chi connectivity index (χ4n) is 2.26. The van der Waals surface area contributed by atoms with Crippen molar-refractivity contribution < 1.29 is 0 Å². The average Bonchev–Trinajstić information content (AvgIpc) is 2.94. The number of benzene rings is 2. The molecule has 0 aliphatic heterocycles. The lowest BCUT2D eigenvalue weighted by atomic mass is 10.1. The fourth-order valence-corrected chi connectivity index (χ4v) is 2.43. The van der Waals surface area contributed by atoms with Crippen LogP contribution in [0.4, 0.5) is 0 Å². The van der Waals surface area contributed by atoms with E-state index in [0.717, 1.165) is 22.5 Å². The molecule has 0 atom stereocenters. The van der Waals surface area contributed by atoms with E-state index in [1.807, 2.05) is 55.5 Å². The zero-order valence-corrected chi connectivity index (χ0v) is 12.7. The van der Waals surface area contributed by atoms with Crippen molar-refractivity contribution in [1.82, 2.24) is 15.0 Å². The van der Waals surface area contributed by atoms with Gasteiger partial charge in [-0.1, -0.05) is 53.2 Å². The van der Waals surface area contributed by atoms with Crippen molar-refractivity contribution in [2.45, 2.75) is 13.3 Å². The quantitative estimate of drug-likeness (QED) is 0.741. The van der Waals surface area contributed by atoms with E-state index in [9.17, 15) is 5.26 Å². The zero-order chi connectivity index (χ0) is 15.5. The summed E-state index contributed by atoms with van der Waals surface area (Å²) in [5, 5.41) is 18.0. The number of rotatable bonds is 3. The summed E-state index contributed by atoms with van der Waals surface area (Å²) in [6.45, 7) is 1.94. The van der Waals surface area contributed by atoms with Crippen LogP contribution in [-0.4, -0.2) is 15.0 Å². The zero-order valence-electron chi connectivity index (χ0n) is 12.0. The number of hydrogen-bond donors (Lipinski definition) is 0. The van der Waals surface area contributed by atoms with Gasteiger partial charge in [0, 0.05) is 11.4 Å². The van der Waals surface area contributed by atoms with Gasteiger partial charge in [0.1, 0.15) is 6.07 Å². The first kappa shape index (κ1) is 14.3. The summed E-state index contributed by atoms with van der Waals surface area (Å²) in [7, 11) is 0. The van der Waals surface area contributed by atoms with Crippen LogP contribution in [0.5, 0.6) is 0 Å². The molecule has 5 heteroatoms. The fraction of sp³-hybridized carbons (Fsp3) is 0.118. The van der Waals surface area contributed by atoms with Crippen LogP contribution < -0.4 is 0 Å². The predicted octanol–water partition coefficient (Wildman–Crippen LogP) is 3.69. The van der Waals surface area contributed by atoms with Crippen molar-refractivity contribution >= 4 is 11.6 Å². The largest absolute Gasteiger partial charge is 0.216 e. The molecule has 3 rings (SSSR count). The van der Waals surface area contributed by atoms with Gasteiger partial charge >= 0.3 is 0 Å². The van der Waals surface area contributed by atoms with Crippen LogP contribution in [0.25, 0.3) is 5.69 Å². The molecule has 108 valence electrons. The molecule has 1 aromatic heterocycles. The monoisotopic (exact) mass is 308 g/mol. The van der Waals surface area contributed by atoms with Gasteiger partial charge in [-0.15, -0.1) is 5.10 Å². The summed E-state index contributed by atoms with van der Waals surface area (Å²) >= 11 is 6.19. The maximum atomic E-state index is 9.26. The topological polar surface area (TPSA) is 54.5 Å². The minimum absolute atomic E-state index is 0.334. The minimum atomic E-state index is 0.334. The molecule has 1 heterocycles. The molecule has 4 nitrogen and oxygen atoms in total. The molecule has 0 radical (unpaired) electrons. The van der Waals surface area contributed by atoms with Gasteiger partial charge in [0.25, 0.3) is 0 Å². The third-order valence-corrected chi connectivity index (χ3v) is 3.89. The van der Waals surface area contributed by atoms with Crippen molar-refractivity contribution in [1.29, 1.82) is 5.26 Å². The SMILES string of the molecule is Cc1ccc(-n2nnc(C#N)c2Cc2ccccc2)cc1Cl. The van der Waals surface area contributed by atoms with Gasteiger partial charge in [-0.2, -0.15) is 5.26 Å². The van der Waals surface area contributed by atoms with Crippen molar-refractivity contribution in [3.8, 4) is 11.8 Å². The summed E-state index contributed by atoms with van der Waals surface area (Å²) in [6.07, 6.45) is 0.586. The molecule has 0 unspecified atom stereocenters. The molecule has 0 saturated heterocycles. The molecule has 2 aromatic carbocycles. The van der Waals surface area contributed by atoms with Crippen LogP contribution in [0, 0.1) is 18.3 Å². The normalized spacial score (nSPS) is 10.4. The van der Waals surface area contributed by atoms with Gasteiger partial charge < -0.3 is 0 Å². The Labute approximate surface area is 133 Å². The first-order chi connectivity index (χ1) is 10.7. The van der Waals surface area contributed by atoms with E-state index in [1.54, 1.807) is 4.68 Å². The highest BCUT2D eigenvalue weighted by atomic mass is 35.5. The first-order valence-electron chi connectivity index (χ1n) is 6.84. The third kappa shape index (κ3) is 2.72. The van der Waals surface area contributed by atoms with E-state index in [-0.39, 0.29) is 0 Å². The second-order valence-corrected chi connectivity index (χ2v) is 5.41. The molecule has 0 saturated carbocycles. The van der Waals surface area contributed by atoms with Crippen LogP contribution in [-0.2, 0) is 6.42 Å². The Bertz CT molecular complexity index is 847. The average molecular weight is 309 g/mol. The van der Waals surface area contributed by atoms with Crippen LogP contribution in [0.15, 0.2) is 48.5 Å². The van der Waals surface area contributed by atoms with Gasteiger partial charge in [-0.05, 0) is 30.2 Å². The third-order valence-electron chi connectivity index (χ3n) is 3.48. The molecule has 0 bridgehead atoms. The molecule has 0 fully saturated rings. The lowest BCUT2D eigenvalue weighted by molar-refractivity contribution is 0.772. The van der Waals surface area contributed by atoms with Gasteiger partial charge in [0.2, 0.25) is 0 Å². The maximum Gasteiger partial charge on any atom is 0.186 e. The lowest BCUT2D eigenvalue weighted by Gasteiger charge is -2.08. The maximum absolute atomic E-state index is 9.26. The van der Waals surface area contributed by atoms with Gasteiger partial charge in [-0.3, -0.25) is 0 Å². The highest BCUT2D eigenvalue weighted by Crippen LogP contribution is 2.22. The van der Waals surface area contributed by atoms with Gasteiger partial charge in [-0.25, -0.2) is 4.68 Å². The van der Waals surface area contributed by atoms with E-state index in [2.05, 4.69) is 16.4 Å². The Morgan fingerprint density at radius 1 is 1.18 bits per heavy atom. The van der Waals surface area contributed by atoms with E-state index in [0.29, 0.717) is 17.1 Å². The summed E-state index contributed by atoms with van der Waals surface area (Å²) in [6, 6.07) is 17.7. The van der Waals surface area contributed by atoms with E-state index >= 15 is 0 Å². The van der Waals surface area contributed by atoms with Gasteiger partial charge in [0.05, 0.1) is 11.4 Å². The Hall–Kier alpha value is -2.64. The second-order valence-electron chi connectivity index (χ2n) is 5.00. The molecule has 3 aromatic rings. The minimum Gasteiger partial charge on any atom is -0.216 e. The van der Waals surface area contributed by atoms with Crippen molar-refractivity contribution in [2.24, 2.45) is 0 Å². The number of nitriles is 1. The number of halogens is 1. The van der Waals surface area contributed by atoms with Crippen LogP contribution in [0.3, 0.4) is 0 Å². The Balaban J connectivity index is 2.07. The highest BCUT2D eigenvalue weighted by Gasteiger charge is 2.15. The van der Waals surface area contributed by atoms with E-state index < -0.39 is 0 Å². The molecular weight excluding hydrogens is 296 g/mol. The van der Waals surface area contributed by atoms with Crippen LogP contribution in [0.2, 0.25) is 5.02 Å². The lowest BCUT2D eigenvalue weighted by Crippen LogP contribution is -2.04. The number of nitrogens with zero attached hydrogens (tertiary/aromatic N) is 4. The van der Waals surface area contributed by atoms with Crippen molar-refractivity contribution in [3.63, 3.8) is 0 Å². The number of hydrogen-bond acceptors (Lipinski definition) is 3. The first-order valence-corrected chi connectivity index (χ1v) is 7.22. The van der Waals surface area contributed by atoms with Crippen molar-refractivity contribution in [2.75, 3.05) is 0 Å². The summed E-state index contributed by atoms with van der Waals surface area (Å²) in [5.74, 6) is 0. The Morgan fingerprint density at radius 2 is 1.95 bits per heavy atom. The Morgan fingerprint density at radius 3 is 2.64 bits per heavy atom. The molecule has 0 amide bonds. The van der Waals surface area contributed by atoms with Crippen LogP contribution >= 0.6 is 11.6 Å². The standard InChI is InChI=1S/C17H13ClN4/c1-12-7-8-14(10-15(12)18)22-17(16(11-19)20-21-22)9-13-5-3-2-4-6-13/h2-8,10H,9H2,1H3. The van der Waals surface area contributed by atoms with E-state index in [1.165, 1.54) is 0 Å². The van der Waals surface area contributed by atoms with Crippen LogP contribution in [0.1, 0.15) is 22.5 Å². The van der Waals surface area contributed by atoms with Crippen molar-refractivity contribution in [3.05, 3.63) is 76.1 Å². The number of aryl methyl sites for hydroxylation is 1. The Kier molecular flexibility index (Phi) is 3.90. The second kappa shape index (κ2) is 6.00. The smallest absolute Gasteiger partial charge is 0.186 e. The molecule has 0 spiro atoms. The molecule has 22 heavy (non-hydrogen) atoms.